The number of phenols is 2. The second-order valence-corrected chi connectivity index (χ2v) is 11.8. The zero-order chi connectivity index (χ0) is 34.3. The zero-order valence-electron chi connectivity index (χ0n) is 25.6. The van der Waals surface area contributed by atoms with Gasteiger partial charge in [-0.2, -0.15) is 0 Å². The summed E-state index contributed by atoms with van der Waals surface area (Å²) >= 11 is 0. The van der Waals surface area contributed by atoms with Gasteiger partial charge >= 0.3 is 0 Å². The van der Waals surface area contributed by atoms with Gasteiger partial charge in [0.25, 0.3) is 0 Å². The zero-order valence-corrected chi connectivity index (χ0v) is 25.6. The maximum atomic E-state index is 14.2. The number of hydrogen-bond acceptors (Lipinski definition) is 15. The maximum Gasteiger partial charge on any atom is 0.239 e. The highest BCUT2D eigenvalue weighted by atomic mass is 16.7. The van der Waals surface area contributed by atoms with E-state index in [9.17, 15) is 50.8 Å². The molecule has 0 aliphatic carbocycles. The fraction of sp³-hybridized carbons (Fsp3) is 0.469. The van der Waals surface area contributed by atoms with Gasteiger partial charge in [-0.3, -0.25) is 4.79 Å². The number of aromatic hydroxyl groups is 2. The molecular weight excluding hydrogens is 624 g/mol. The standard InChI is InChI=1S/C32H38O15/c1-12(2)4-9-16-18(44-32-27(42)25(40)22(37)19(11-33)45-32)10-17(35)20-23(38)30(47-31-26(41)24(39)21(36)13(3)43-31)28(46-29(16)20)14-5-7-15(34)8-6-14/h4-8,10,13,19,21-22,24-27,31-37,39-42H,9,11H2,1-3H3/t13-,19+,21-,22+,24+,25-,26+,27+,31-,32+/m1/s1. The molecule has 5 rings (SSSR count). The van der Waals surface area contributed by atoms with E-state index in [2.05, 4.69) is 0 Å². The first kappa shape index (κ1) is 34.6. The van der Waals surface area contributed by atoms with Crippen LogP contribution in [0.15, 0.2) is 51.2 Å². The van der Waals surface area contributed by atoms with E-state index in [0.717, 1.165) is 11.6 Å². The SMILES string of the molecule is CC(C)=CCc1c(O[C@H]2O[C@@H](CO)[C@H](O)[C@@H](O)[C@@H]2O)cc(O)c2c(=O)c(O[C@H]3O[C@H](C)[C@@H](O)[C@H](O)[C@@H]3O)c(-c3ccc(O)cc3)oc12. The van der Waals surface area contributed by atoms with Gasteiger partial charge in [-0.25, -0.2) is 0 Å². The number of aliphatic hydroxyl groups excluding tert-OH is 7. The molecule has 0 saturated carbocycles. The minimum atomic E-state index is -1.79. The van der Waals surface area contributed by atoms with E-state index in [-0.39, 0.29) is 45.8 Å². The van der Waals surface area contributed by atoms with Gasteiger partial charge in [-0.05, 0) is 51.5 Å². The molecule has 0 spiro atoms. The molecule has 1 aromatic heterocycles. The molecule has 0 unspecified atom stereocenters. The molecule has 0 amide bonds. The summed E-state index contributed by atoms with van der Waals surface area (Å²) in [5, 5.41) is 92.5. The Hall–Kier alpha value is -3.77. The molecule has 9 N–H and O–H groups in total. The molecule has 2 fully saturated rings. The third-order valence-corrected chi connectivity index (χ3v) is 8.14. The topological polar surface area (TPSA) is 249 Å². The van der Waals surface area contributed by atoms with Crippen LogP contribution in [0, 0.1) is 0 Å². The second-order valence-electron chi connectivity index (χ2n) is 11.8. The number of benzene rings is 2. The summed E-state index contributed by atoms with van der Waals surface area (Å²) in [5.41, 5.74) is 0.138. The quantitative estimate of drug-likeness (QED) is 0.141. The van der Waals surface area contributed by atoms with E-state index in [0.29, 0.717) is 0 Å². The van der Waals surface area contributed by atoms with Crippen molar-refractivity contribution in [1.82, 2.24) is 0 Å². The van der Waals surface area contributed by atoms with Gasteiger partial charge in [0, 0.05) is 17.2 Å². The first-order chi connectivity index (χ1) is 22.2. The molecule has 10 atom stereocenters. The number of hydrogen-bond donors (Lipinski definition) is 9. The molecule has 15 nitrogen and oxygen atoms in total. The molecule has 2 aliphatic rings. The normalized spacial score (nSPS) is 31.0. The van der Waals surface area contributed by atoms with Crippen molar-refractivity contribution in [2.24, 2.45) is 0 Å². The summed E-state index contributed by atoms with van der Waals surface area (Å²) in [6, 6.07) is 6.52. The van der Waals surface area contributed by atoms with Gasteiger partial charge in [0.15, 0.2) is 5.76 Å². The molecule has 256 valence electrons. The van der Waals surface area contributed by atoms with Gasteiger partial charge in [0.2, 0.25) is 23.8 Å². The van der Waals surface area contributed by atoms with E-state index in [1.807, 2.05) is 13.8 Å². The van der Waals surface area contributed by atoms with E-state index >= 15 is 0 Å². The molecule has 2 saturated heterocycles. The molecule has 3 aromatic rings. The fourth-order valence-corrected chi connectivity index (χ4v) is 5.39. The lowest BCUT2D eigenvalue weighted by molar-refractivity contribution is -0.277. The molecule has 0 radical (unpaired) electrons. The fourth-order valence-electron chi connectivity index (χ4n) is 5.39. The van der Waals surface area contributed by atoms with Crippen LogP contribution in [0.25, 0.3) is 22.3 Å². The van der Waals surface area contributed by atoms with Gasteiger partial charge in [0.1, 0.15) is 70.9 Å². The van der Waals surface area contributed by atoms with Crippen LogP contribution in [0.1, 0.15) is 26.3 Å². The Labute approximate surface area is 267 Å². The van der Waals surface area contributed by atoms with Gasteiger partial charge in [-0.1, -0.05) is 11.6 Å². The van der Waals surface area contributed by atoms with E-state index < -0.39 is 84.9 Å². The first-order valence-electron chi connectivity index (χ1n) is 14.8. The number of allylic oxidation sites excluding steroid dienone is 2. The van der Waals surface area contributed by atoms with Crippen LogP contribution < -0.4 is 14.9 Å². The number of fused-ring (bicyclic) bond motifs is 1. The minimum Gasteiger partial charge on any atom is -0.508 e. The van der Waals surface area contributed by atoms with Gasteiger partial charge < -0.3 is 69.3 Å². The molecule has 47 heavy (non-hydrogen) atoms. The van der Waals surface area contributed by atoms with Crippen LogP contribution >= 0.6 is 0 Å². The average Bonchev–Trinajstić information content (AvgIpc) is 3.03. The lowest BCUT2D eigenvalue weighted by atomic mass is 9.99. The summed E-state index contributed by atoms with van der Waals surface area (Å²) < 4.78 is 29.0. The van der Waals surface area contributed by atoms with E-state index in [1.54, 1.807) is 6.08 Å². The predicted molar refractivity (Wildman–Crippen MR) is 162 cm³/mol. The Morgan fingerprint density at radius 3 is 2.09 bits per heavy atom. The molecule has 15 heteroatoms. The van der Waals surface area contributed by atoms with Gasteiger partial charge in [-0.15, -0.1) is 0 Å². The Kier molecular flexibility index (Phi) is 10.1. The average molecular weight is 663 g/mol. The summed E-state index contributed by atoms with van der Waals surface area (Å²) in [6.45, 7) is 4.34. The highest BCUT2D eigenvalue weighted by Crippen LogP contribution is 2.41. The number of phenolic OH excluding ortho intramolecular Hbond substituents is 2. The van der Waals surface area contributed by atoms with Crippen LogP contribution in [-0.4, -0.2) is 114 Å². The second kappa shape index (κ2) is 13.8. The summed E-state index contributed by atoms with van der Waals surface area (Å²) in [4.78, 5) is 14.2. The van der Waals surface area contributed by atoms with Crippen molar-refractivity contribution in [2.45, 2.75) is 88.6 Å². The Bertz CT molecular complexity index is 1660. The van der Waals surface area contributed by atoms with Crippen LogP contribution in [0.4, 0.5) is 0 Å². The van der Waals surface area contributed by atoms with Crippen molar-refractivity contribution in [3.05, 3.63) is 57.8 Å². The van der Waals surface area contributed by atoms with Crippen molar-refractivity contribution in [3.8, 4) is 34.3 Å². The van der Waals surface area contributed by atoms with Crippen molar-refractivity contribution in [3.63, 3.8) is 0 Å². The van der Waals surface area contributed by atoms with E-state index in [4.69, 9.17) is 23.4 Å². The largest absolute Gasteiger partial charge is 0.508 e. The molecule has 0 bridgehead atoms. The Morgan fingerprint density at radius 1 is 0.851 bits per heavy atom. The smallest absolute Gasteiger partial charge is 0.239 e. The summed E-state index contributed by atoms with van der Waals surface area (Å²) in [6.07, 6.45) is -13.9. The molecule has 2 aliphatic heterocycles. The van der Waals surface area contributed by atoms with Crippen molar-refractivity contribution in [2.75, 3.05) is 6.61 Å². The number of ether oxygens (including phenoxy) is 4. The minimum absolute atomic E-state index is 0.0517. The van der Waals surface area contributed by atoms with Crippen LogP contribution in [0.2, 0.25) is 0 Å². The van der Waals surface area contributed by atoms with Crippen LogP contribution in [0.5, 0.6) is 23.0 Å². The van der Waals surface area contributed by atoms with E-state index in [1.165, 1.54) is 31.2 Å². The molecular formula is C32H38O15. The third-order valence-electron chi connectivity index (χ3n) is 8.14. The third kappa shape index (κ3) is 6.67. The Balaban J connectivity index is 1.71. The first-order valence-corrected chi connectivity index (χ1v) is 14.8. The lowest BCUT2D eigenvalue weighted by Gasteiger charge is -2.39. The lowest BCUT2D eigenvalue weighted by Crippen LogP contribution is -2.60. The Morgan fingerprint density at radius 2 is 1.47 bits per heavy atom. The molecule has 2 aromatic carbocycles. The van der Waals surface area contributed by atoms with Crippen LogP contribution in [0.3, 0.4) is 0 Å². The highest BCUT2D eigenvalue weighted by Gasteiger charge is 2.46. The number of rotatable bonds is 8. The van der Waals surface area contributed by atoms with Crippen molar-refractivity contribution >= 4 is 11.0 Å². The summed E-state index contributed by atoms with van der Waals surface area (Å²) in [5.74, 6) is -1.66. The monoisotopic (exact) mass is 662 g/mol. The van der Waals surface area contributed by atoms with Gasteiger partial charge in [0.05, 0.1) is 12.7 Å². The van der Waals surface area contributed by atoms with Crippen molar-refractivity contribution in [1.29, 1.82) is 0 Å². The highest BCUT2D eigenvalue weighted by molar-refractivity contribution is 5.91. The molecule has 3 heterocycles. The van der Waals surface area contributed by atoms with Crippen LogP contribution in [-0.2, 0) is 15.9 Å². The maximum absolute atomic E-state index is 14.2. The number of aliphatic hydroxyl groups is 7. The summed E-state index contributed by atoms with van der Waals surface area (Å²) in [7, 11) is 0. The predicted octanol–water partition coefficient (Wildman–Crippen LogP) is -0.235. The van der Waals surface area contributed by atoms with Crippen molar-refractivity contribution < 1.29 is 69.3 Å².